The molecule has 196 valence electrons. The summed E-state index contributed by atoms with van der Waals surface area (Å²) in [5, 5.41) is 16.7. The van der Waals surface area contributed by atoms with Crippen molar-refractivity contribution in [2.24, 2.45) is 7.05 Å². The van der Waals surface area contributed by atoms with E-state index in [4.69, 9.17) is 18.9 Å². The van der Waals surface area contributed by atoms with Crippen LogP contribution in [0.15, 0.2) is 28.9 Å². The number of ether oxygens (including phenoxy) is 4. The Morgan fingerprint density at radius 1 is 1.11 bits per heavy atom. The Balaban J connectivity index is 1.73. The van der Waals surface area contributed by atoms with E-state index in [0.29, 0.717) is 10.4 Å². The van der Waals surface area contributed by atoms with Gasteiger partial charge in [-0.2, -0.15) is 5.10 Å². The summed E-state index contributed by atoms with van der Waals surface area (Å²) in [6.45, 7) is 3.29. The van der Waals surface area contributed by atoms with Crippen molar-refractivity contribution in [3.63, 3.8) is 0 Å². The number of carbonyl (C=O) groups is 3. The van der Waals surface area contributed by atoms with Gasteiger partial charge in [0, 0.05) is 27.8 Å². The van der Waals surface area contributed by atoms with Gasteiger partial charge >= 0.3 is 23.7 Å². The second kappa shape index (κ2) is 10.5. The minimum Gasteiger partial charge on any atom is -0.463 e. The number of aromatic nitrogens is 6. The molecule has 0 unspecified atom stereocenters. The van der Waals surface area contributed by atoms with E-state index in [9.17, 15) is 24.5 Å². The maximum atomic E-state index is 11.9. The number of fused-ring (bicyclic) bond motifs is 1. The number of hydrogen-bond acceptors (Lipinski definition) is 14. The van der Waals surface area contributed by atoms with Gasteiger partial charge in [-0.3, -0.25) is 14.4 Å². The summed E-state index contributed by atoms with van der Waals surface area (Å²) in [5.41, 5.74) is 0.249. The molecule has 0 N–H and O–H groups in total. The highest BCUT2D eigenvalue weighted by molar-refractivity contribution is 7.99. The Morgan fingerprint density at radius 3 is 2.46 bits per heavy atom. The number of imidazole rings is 1. The number of aryl methyl sites for hydroxylation is 1. The second-order valence-corrected chi connectivity index (χ2v) is 8.84. The van der Waals surface area contributed by atoms with Crippen molar-refractivity contribution in [2.75, 3.05) is 6.61 Å². The van der Waals surface area contributed by atoms with E-state index in [1.807, 2.05) is 0 Å². The van der Waals surface area contributed by atoms with Crippen LogP contribution < -0.4 is 0 Å². The van der Waals surface area contributed by atoms with Gasteiger partial charge in [-0.25, -0.2) is 14.6 Å². The zero-order chi connectivity index (χ0) is 26.9. The molecule has 4 rings (SSSR count). The lowest BCUT2D eigenvalue weighted by molar-refractivity contribution is -0.392. The molecule has 0 radical (unpaired) electrons. The van der Waals surface area contributed by atoms with Crippen LogP contribution in [0, 0.1) is 10.1 Å². The topological polar surface area (TPSA) is 193 Å². The fourth-order valence-corrected chi connectivity index (χ4v) is 4.69. The highest BCUT2D eigenvalue weighted by Gasteiger charge is 2.51. The summed E-state index contributed by atoms with van der Waals surface area (Å²) < 4.78 is 24.7. The Morgan fingerprint density at radius 2 is 1.81 bits per heavy atom. The molecule has 0 bridgehead atoms. The smallest absolute Gasteiger partial charge is 0.396 e. The third kappa shape index (κ3) is 5.36. The van der Waals surface area contributed by atoms with E-state index in [2.05, 4.69) is 20.1 Å². The molecule has 3 aromatic heterocycles. The number of hydrogen-bond donors (Lipinski definition) is 0. The highest BCUT2D eigenvalue weighted by Crippen LogP contribution is 2.39. The number of nitrogens with zero attached hydrogens (tertiary/aromatic N) is 7. The maximum absolute atomic E-state index is 11.9. The normalized spacial score (nSPS) is 21.1. The van der Waals surface area contributed by atoms with Crippen LogP contribution in [0.5, 0.6) is 0 Å². The van der Waals surface area contributed by atoms with Gasteiger partial charge in [0.15, 0.2) is 29.1 Å². The molecule has 1 fully saturated rings. The quantitative estimate of drug-likeness (QED) is 0.130. The summed E-state index contributed by atoms with van der Waals surface area (Å²) >= 11 is 0.995. The zero-order valence-corrected chi connectivity index (χ0v) is 20.8. The van der Waals surface area contributed by atoms with Gasteiger partial charge in [-0.15, -0.1) is 0 Å². The maximum Gasteiger partial charge on any atom is 0.396 e. The lowest BCUT2D eigenvalue weighted by Gasteiger charge is -2.23. The Hall–Kier alpha value is -4.12. The Bertz CT molecular complexity index is 1370. The molecule has 1 saturated heterocycles. The predicted molar refractivity (Wildman–Crippen MR) is 121 cm³/mol. The summed E-state index contributed by atoms with van der Waals surface area (Å²) in [5.74, 6) is -2.25. The molecule has 0 amide bonds. The number of rotatable bonds is 8. The van der Waals surface area contributed by atoms with Crippen molar-refractivity contribution >= 4 is 46.5 Å². The largest absolute Gasteiger partial charge is 0.463 e. The first-order valence-electron chi connectivity index (χ1n) is 10.7. The van der Waals surface area contributed by atoms with Gasteiger partial charge in [0.2, 0.25) is 6.33 Å². The fraction of sp³-hybridized carbons (Fsp3) is 0.450. The molecule has 3 aromatic rings. The first-order chi connectivity index (χ1) is 17.6. The molecule has 4 atom stereocenters. The number of carbonyl (C=O) groups excluding carboxylic acids is 3. The number of nitro groups is 1. The molecule has 0 aliphatic carbocycles. The van der Waals surface area contributed by atoms with E-state index in [-0.39, 0.29) is 23.1 Å². The minimum absolute atomic E-state index is 0.240. The van der Waals surface area contributed by atoms with Crippen molar-refractivity contribution in [3.05, 3.63) is 29.0 Å². The third-order valence-electron chi connectivity index (χ3n) is 5.17. The molecule has 0 saturated carbocycles. The summed E-state index contributed by atoms with van der Waals surface area (Å²) in [4.78, 5) is 58.1. The molecular weight excluding hydrogens is 514 g/mol. The van der Waals surface area contributed by atoms with Gasteiger partial charge in [-0.1, -0.05) is 0 Å². The zero-order valence-electron chi connectivity index (χ0n) is 20.0. The molecule has 1 aliphatic heterocycles. The van der Waals surface area contributed by atoms with Crippen molar-refractivity contribution < 1.29 is 38.3 Å². The highest BCUT2D eigenvalue weighted by atomic mass is 32.2. The molecule has 0 spiro atoms. The Kier molecular flexibility index (Phi) is 7.35. The number of esters is 3. The molecular formula is C20H21N7O9S. The van der Waals surface area contributed by atoms with Crippen LogP contribution in [0.25, 0.3) is 11.0 Å². The first kappa shape index (κ1) is 26.0. The third-order valence-corrected chi connectivity index (χ3v) is 6.35. The van der Waals surface area contributed by atoms with E-state index in [1.165, 1.54) is 48.9 Å². The van der Waals surface area contributed by atoms with Gasteiger partial charge in [0.05, 0.1) is 11.6 Å². The van der Waals surface area contributed by atoms with Crippen LogP contribution in [-0.2, 0) is 40.4 Å². The lowest BCUT2D eigenvalue weighted by Crippen LogP contribution is -2.40. The van der Waals surface area contributed by atoms with Gasteiger partial charge < -0.3 is 33.6 Å². The van der Waals surface area contributed by atoms with E-state index in [1.54, 1.807) is 7.05 Å². The van der Waals surface area contributed by atoms with Gasteiger partial charge in [0.25, 0.3) is 0 Å². The first-order valence-corrected chi connectivity index (χ1v) is 11.5. The van der Waals surface area contributed by atoms with E-state index >= 15 is 0 Å². The van der Waals surface area contributed by atoms with Crippen LogP contribution in [0.1, 0.15) is 27.0 Å². The van der Waals surface area contributed by atoms with Crippen LogP contribution in [-0.4, -0.2) is 77.0 Å². The molecule has 1 aliphatic rings. The summed E-state index contributed by atoms with van der Waals surface area (Å²) in [6.07, 6.45) is -0.391. The molecule has 37 heavy (non-hydrogen) atoms. The average Bonchev–Trinajstić information content (AvgIpc) is 3.49. The van der Waals surface area contributed by atoms with Crippen molar-refractivity contribution in [3.8, 4) is 0 Å². The Labute approximate surface area is 212 Å². The second-order valence-electron chi connectivity index (χ2n) is 7.86. The molecule has 17 heteroatoms. The van der Waals surface area contributed by atoms with E-state index < -0.39 is 47.4 Å². The monoisotopic (exact) mass is 535 g/mol. The van der Waals surface area contributed by atoms with Crippen molar-refractivity contribution in [1.82, 2.24) is 29.3 Å². The van der Waals surface area contributed by atoms with Crippen LogP contribution >= 0.6 is 11.8 Å². The van der Waals surface area contributed by atoms with E-state index in [0.717, 1.165) is 11.8 Å². The standard InChI is InChI=1S/C20H21N7O9S/c1-9(28)33-6-13-14(34-10(2)29)15(35-11(3)30)19(36-13)26-16-12(5-24-26)18(22-7-21-16)37-20-17(27(31)32)23-8-25(20)4/h5,7-8,13-15,19H,6H2,1-4H3/t13-,14+,15-,19+/m0/s1. The van der Waals surface area contributed by atoms with Crippen molar-refractivity contribution in [1.29, 1.82) is 0 Å². The summed E-state index contributed by atoms with van der Waals surface area (Å²) in [7, 11) is 1.61. The van der Waals surface area contributed by atoms with Crippen LogP contribution in [0.3, 0.4) is 0 Å². The average molecular weight is 535 g/mol. The lowest BCUT2D eigenvalue weighted by atomic mass is 10.1. The van der Waals surface area contributed by atoms with Crippen molar-refractivity contribution in [2.45, 2.75) is 55.4 Å². The molecule has 0 aromatic carbocycles. The predicted octanol–water partition coefficient (Wildman–Crippen LogP) is 0.943. The SMILES string of the molecule is CC(=O)OC[C@@H]1O[C@@H](n2ncc3c(Sc4c([N+](=O)[O-])ncn4C)ncnc32)[C@@H](OC(C)=O)[C@@H]1OC(C)=O. The molecule has 16 nitrogen and oxygen atoms in total. The van der Waals surface area contributed by atoms with Crippen LogP contribution in [0.2, 0.25) is 0 Å². The fourth-order valence-electron chi connectivity index (χ4n) is 3.74. The minimum atomic E-state index is -1.16. The van der Waals surface area contributed by atoms with Crippen LogP contribution in [0.4, 0.5) is 5.82 Å². The summed E-state index contributed by atoms with van der Waals surface area (Å²) in [6, 6.07) is 0. The molecule has 4 heterocycles. The van der Waals surface area contributed by atoms with Gasteiger partial charge in [0.1, 0.15) is 24.1 Å². The van der Waals surface area contributed by atoms with Gasteiger partial charge in [-0.05, 0) is 21.7 Å².